The number of para-hydroxylation sites is 1. The van der Waals surface area contributed by atoms with Crippen LogP contribution in [0.5, 0.6) is 5.75 Å². The first-order valence-electron chi connectivity index (χ1n) is 10.7. The van der Waals surface area contributed by atoms with Crippen LogP contribution in [0.1, 0.15) is 20.8 Å². The summed E-state index contributed by atoms with van der Waals surface area (Å²) in [5, 5.41) is 13.6. The standard InChI is InChI=1S/C23H23BrN6O5/c1-27-22(34)17(24)18(23(35)28(27)2)26-15-8-5-6-14(19(15)31)20(32)29-10-12-30(13-11-29)21(33)16-7-3-4-9-25-16/h3-9,26,31H,10-13H2,1-2H3. The first-order valence-corrected chi connectivity index (χ1v) is 11.5. The van der Waals surface area contributed by atoms with Gasteiger partial charge in [0.1, 0.15) is 15.9 Å². The molecular weight excluding hydrogens is 520 g/mol. The summed E-state index contributed by atoms with van der Waals surface area (Å²) >= 11 is 3.14. The molecular formula is C23H23BrN6O5. The Morgan fingerprint density at radius 1 is 0.914 bits per heavy atom. The molecule has 3 aromatic rings. The molecule has 2 aromatic heterocycles. The lowest BCUT2D eigenvalue weighted by Gasteiger charge is -2.34. The number of phenols is 1. The number of nitrogens with one attached hydrogen (secondary N) is 1. The lowest BCUT2D eigenvalue weighted by atomic mass is 10.1. The van der Waals surface area contributed by atoms with Crippen LogP contribution >= 0.6 is 15.9 Å². The van der Waals surface area contributed by atoms with E-state index in [1.807, 2.05) is 0 Å². The fourth-order valence-electron chi connectivity index (χ4n) is 3.77. The van der Waals surface area contributed by atoms with Gasteiger partial charge in [0.25, 0.3) is 22.9 Å². The van der Waals surface area contributed by atoms with Crippen molar-refractivity contribution in [2.45, 2.75) is 0 Å². The van der Waals surface area contributed by atoms with Gasteiger partial charge in [-0.15, -0.1) is 0 Å². The molecule has 0 radical (unpaired) electrons. The van der Waals surface area contributed by atoms with Gasteiger partial charge >= 0.3 is 0 Å². The number of piperazine rings is 1. The third-order valence-electron chi connectivity index (χ3n) is 5.92. The Bertz CT molecular complexity index is 1410. The summed E-state index contributed by atoms with van der Waals surface area (Å²) in [7, 11) is 2.90. The third-order valence-corrected chi connectivity index (χ3v) is 6.66. The van der Waals surface area contributed by atoms with Gasteiger partial charge in [-0.1, -0.05) is 12.1 Å². The highest BCUT2D eigenvalue weighted by atomic mass is 79.9. The van der Waals surface area contributed by atoms with Crippen molar-refractivity contribution in [2.75, 3.05) is 31.5 Å². The molecule has 0 aliphatic carbocycles. The number of benzene rings is 1. The number of amides is 2. The maximum atomic E-state index is 13.2. The molecule has 1 aromatic carbocycles. The monoisotopic (exact) mass is 542 g/mol. The molecule has 1 saturated heterocycles. The number of carbonyl (C=O) groups excluding carboxylic acids is 2. The summed E-state index contributed by atoms with van der Waals surface area (Å²) in [6.07, 6.45) is 1.55. The second kappa shape index (κ2) is 9.74. The van der Waals surface area contributed by atoms with Crippen LogP contribution in [-0.2, 0) is 14.1 Å². The Morgan fingerprint density at radius 3 is 2.17 bits per heavy atom. The second-order valence-corrected chi connectivity index (χ2v) is 8.77. The van der Waals surface area contributed by atoms with E-state index in [1.165, 1.54) is 26.2 Å². The van der Waals surface area contributed by atoms with Crippen molar-refractivity contribution in [2.24, 2.45) is 14.1 Å². The predicted octanol–water partition coefficient (Wildman–Crippen LogP) is 1.29. The van der Waals surface area contributed by atoms with E-state index in [9.17, 15) is 24.3 Å². The quantitative estimate of drug-likeness (QED) is 0.475. The number of nitrogens with zero attached hydrogens (tertiary/aromatic N) is 5. The van der Waals surface area contributed by atoms with E-state index >= 15 is 0 Å². The van der Waals surface area contributed by atoms with E-state index in [-0.39, 0.29) is 46.2 Å². The van der Waals surface area contributed by atoms with Crippen LogP contribution in [0.2, 0.25) is 0 Å². The fraction of sp³-hybridized carbons (Fsp3) is 0.261. The van der Waals surface area contributed by atoms with Gasteiger partial charge in [-0.25, -0.2) is 9.36 Å². The summed E-state index contributed by atoms with van der Waals surface area (Å²) in [6, 6.07) is 9.66. The smallest absolute Gasteiger partial charge is 0.289 e. The zero-order chi connectivity index (χ0) is 25.3. The molecule has 1 aliphatic heterocycles. The number of pyridine rings is 1. The number of rotatable bonds is 4. The lowest BCUT2D eigenvalue weighted by molar-refractivity contribution is 0.0530. The molecule has 35 heavy (non-hydrogen) atoms. The molecule has 0 bridgehead atoms. The highest BCUT2D eigenvalue weighted by Crippen LogP contribution is 2.31. The Balaban J connectivity index is 1.52. The van der Waals surface area contributed by atoms with E-state index in [0.717, 1.165) is 9.36 Å². The molecule has 3 heterocycles. The van der Waals surface area contributed by atoms with Gasteiger partial charge in [-0.05, 0) is 40.2 Å². The van der Waals surface area contributed by atoms with Crippen LogP contribution < -0.4 is 16.4 Å². The lowest BCUT2D eigenvalue weighted by Crippen LogP contribution is -2.50. The van der Waals surface area contributed by atoms with Crippen molar-refractivity contribution in [1.82, 2.24) is 24.1 Å². The van der Waals surface area contributed by atoms with Crippen LogP contribution in [0.3, 0.4) is 0 Å². The highest BCUT2D eigenvalue weighted by molar-refractivity contribution is 9.10. The molecule has 4 rings (SSSR count). The van der Waals surface area contributed by atoms with E-state index in [0.29, 0.717) is 18.8 Å². The van der Waals surface area contributed by atoms with Gasteiger partial charge in [0, 0.05) is 46.5 Å². The molecule has 182 valence electrons. The van der Waals surface area contributed by atoms with E-state index in [1.54, 1.807) is 40.3 Å². The minimum absolute atomic E-state index is 0.00734. The predicted molar refractivity (Wildman–Crippen MR) is 132 cm³/mol. The van der Waals surface area contributed by atoms with Crippen LogP contribution in [0.25, 0.3) is 0 Å². The molecule has 2 amide bonds. The van der Waals surface area contributed by atoms with E-state index in [4.69, 9.17) is 0 Å². The topological polar surface area (TPSA) is 130 Å². The van der Waals surface area contributed by atoms with Crippen molar-refractivity contribution >= 4 is 39.1 Å². The van der Waals surface area contributed by atoms with Crippen LogP contribution in [0.4, 0.5) is 11.4 Å². The van der Waals surface area contributed by atoms with Gasteiger partial charge < -0.3 is 20.2 Å². The highest BCUT2D eigenvalue weighted by Gasteiger charge is 2.28. The number of phenolic OH excluding ortho intramolecular Hbond substituents is 1. The average molecular weight is 543 g/mol. The summed E-state index contributed by atoms with van der Waals surface area (Å²) < 4.78 is 2.29. The normalized spacial score (nSPS) is 13.6. The Morgan fingerprint density at radius 2 is 1.54 bits per heavy atom. The minimum Gasteiger partial charge on any atom is -0.505 e. The molecule has 0 unspecified atom stereocenters. The first-order chi connectivity index (χ1) is 16.7. The third kappa shape index (κ3) is 4.56. The maximum absolute atomic E-state index is 13.2. The maximum Gasteiger partial charge on any atom is 0.289 e. The second-order valence-electron chi connectivity index (χ2n) is 7.97. The van der Waals surface area contributed by atoms with Gasteiger partial charge in [-0.3, -0.25) is 24.2 Å². The molecule has 11 nitrogen and oxygen atoms in total. The van der Waals surface area contributed by atoms with Gasteiger partial charge in [0.05, 0.1) is 11.3 Å². The molecule has 0 saturated carbocycles. The average Bonchev–Trinajstić information content (AvgIpc) is 2.89. The Hall–Kier alpha value is -3.93. The molecule has 1 aliphatic rings. The minimum atomic E-state index is -0.496. The van der Waals surface area contributed by atoms with E-state index in [2.05, 4.69) is 26.2 Å². The van der Waals surface area contributed by atoms with Gasteiger partial charge in [-0.2, -0.15) is 0 Å². The zero-order valence-corrected chi connectivity index (χ0v) is 20.7. The van der Waals surface area contributed by atoms with Crippen LogP contribution in [0.15, 0.2) is 56.7 Å². The van der Waals surface area contributed by atoms with E-state index < -0.39 is 17.0 Å². The van der Waals surface area contributed by atoms with Crippen LogP contribution in [0, 0.1) is 0 Å². The molecule has 0 spiro atoms. The molecule has 1 fully saturated rings. The number of anilines is 2. The number of aromatic nitrogens is 3. The number of aromatic hydroxyl groups is 1. The van der Waals surface area contributed by atoms with Crippen molar-refractivity contribution in [3.05, 3.63) is 79.0 Å². The van der Waals surface area contributed by atoms with Crippen molar-refractivity contribution in [3.63, 3.8) is 0 Å². The Labute approximate surface area is 208 Å². The first kappa shape index (κ1) is 24.2. The molecule has 12 heteroatoms. The summed E-state index contributed by atoms with van der Waals surface area (Å²) in [5.41, 5.74) is -0.515. The summed E-state index contributed by atoms with van der Waals surface area (Å²) in [4.78, 5) is 58.0. The van der Waals surface area contributed by atoms with Crippen molar-refractivity contribution < 1.29 is 14.7 Å². The zero-order valence-electron chi connectivity index (χ0n) is 19.1. The molecule has 0 atom stereocenters. The number of carbonyl (C=O) groups is 2. The molecule has 2 N–H and O–H groups in total. The SMILES string of the molecule is Cn1c(=O)c(Br)c(Nc2cccc(C(=O)N3CCN(C(=O)c4ccccn4)CC3)c2O)c(=O)n1C. The largest absolute Gasteiger partial charge is 0.505 e. The number of halogens is 1. The van der Waals surface area contributed by atoms with Gasteiger partial charge in [0.2, 0.25) is 0 Å². The van der Waals surface area contributed by atoms with Crippen molar-refractivity contribution in [1.29, 1.82) is 0 Å². The summed E-state index contributed by atoms with van der Waals surface area (Å²) in [6.45, 7) is 1.23. The fourth-order valence-corrected chi connectivity index (χ4v) is 4.30. The van der Waals surface area contributed by atoms with Crippen molar-refractivity contribution in [3.8, 4) is 5.75 Å². The Kier molecular flexibility index (Phi) is 6.74. The van der Waals surface area contributed by atoms with Gasteiger partial charge in [0.15, 0.2) is 5.75 Å². The van der Waals surface area contributed by atoms with Crippen LogP contribution in [-0.4, -0.2) is 67.2 Å². The summed E-state index contributed by atoms with van der Waals surface area (Å²) in [5.74, 6) is -0.959. The number of hydrogen-bond donors (Lipinski definition) is 2. The number of hydrogen-bond acceptors (Lipinski definition) is 7.